The van der Waals surface area contributed by atoms with Crippen LogP contribution in [-0.4, -0.2) is 64.0 Å². The minimum atomic E-state index is -0.228. The van der Waals surface area contributed by atoms with Crippen molar-refractivity contribution < 1.29 is 9.59 Å². The first-order chi connectivity index (χ1) is 12.7. The first-order valence-corrected chi connectivity index (χ1v) is 9.96. The number of nitrogens with one attached hydrogen (secondary N) is 2. The highest BCUT2D eigenvalue weighted by Crippen LogP contribution is 2.20. The number of carbonyl (C=O) groups excluding carboxylic acids is 2. The Bertz CT molecular complexity index is 824. The van der Waals surface area contributed by atoms with Gasteiger partial charge in [0.1, 0.15) is 5.69 Å². The van der Waals surface area contributed by atoms with E-state index < -0.39 is 0 Å². The molecule has 26 heavy (non-hydrogen) atoms. The van der Waals surface area contributed by atoms with Gasteiger partial charge in [-0.15, -0.1) is 11.8 Å². The van der Waals surface area contributed by atoms with E-state index in [2.05, 4.69) is 20.6 Å². The first-order valence-electron chi connectivity index (χ1n) is 8.80. The van der Waals surface area contributed by atoms with Crippen molar-refractivity contribution in [2.45, 2.75) is 12.5 Å². The Labute approximate surface area is 155 Å². The molecule has 0 spiro atoms. The van der Waals surface area contributed by atoms with Gasteiger partial charge in [0.05, 0.1) is 29.1 Å². The van der Waals surface area contributed by atoms with Crippen molar-refractivity contribution in [2.24, 2.45) is 5.92 Å². The van der Waals surface area contributed by atoms with Crippen LogP contribution in [0.4, 0.5) is 0 Å². The number of thioether (sulfide) groups is 1. The van der Waals surface area contributed by atoms with E-state index in [9.17, 15) is 9.59 Å². The molecule has 0 aliphatic carbocycles. The Morgan fingerprint density at radius 2 is 2.15 bits per heavy atom. The normalized spacial score (nSPS) is 22.7. The standard InChI is InChI=1S/C18H21N5O2S/c24-17(16-10-20-13-3-1-2-4-14(13)22-16)21-9-12-7-15(19-8-12)18(25)23-5-6-26-11-23/h1-4,10,12,15,19H,5-9,11H2,(H,21,24)/t12-,15-/m0/s1. The summed E-state index contributed by atoms with van der Waals surface area (Å²) in [5.41, 5.74) is 1.79. The zero-order chi connectivity index (χ0) is 17.9. The monoisotopic (exact) mass is 371 g/mol. The lowest BCUT2D eigenvalue weighted by molar-refractivity contribution is -0.131. The average molecular weight is 371 g/mol. The van der Waals surface area contributed by atoms with Crippen LogP contribution >= 0.6 is 11.8 Å². The molecule has 2 N–H and O–H groups in total. The van der Waals surface area contributed by atoms with Gasteiger partial charge in [0.2, 0.25) is 5.91 Å². The first kappa shape index (κ1) is 17.2. The van der Waals surface area contributed by atoms with Gasteiger partial charge in [-0.3, -0.25) is 14.6 Å². The minimum absolute atomic E-state index is 0.129. The van der Waals surface area contributed by atoms with E-state index in [0.29, 0.717) is 17.8 Å². The Hall–Kier alpha value is -2.19. The van der Waals surface area contributed by atoms with Gasteiger partial charge in [-0.05, 0) is 24.5 Å². The second-order valence-electron chi connectivity index (χ2n) is 6.66. The van der Waals surface area contributed by atoms with Crippen LogP contribution in [0.15, 0.2) is 30.5 Å². The van der Waals surface area contributed by atoms with Gasteiger partial charge < -0.3 is 15.5 Å². The third kappa shape index (κ3) is 3.66. The molecule has 2 aliphatic heterocycles. The fourth-order valence-electron chi connectivity index (χ4n) is 3.35. The van der Waals surface area contributed by atoms with Crippen molar-refractivity contribution in [3.05, 3.63) is 36.2 Å². The molecule has 3 heterocycles. The fourth-order valence-corrected chi connectivity index (χ4v) is 4.31. The highest BCUT2D eigenvalue weighted by Gasteiger charge is 2.33. The molecule has 0 saturated carbocycles. The van der Waals surface area contributed by atoms with Crippen molar-refractivity contribution in [3.63, 3.8) is 0 Å². The Balaban J connectivity index is 1.31. The molecule has 2 atom stereocenters. The van der Waals surface area contributed by atoms with E-state index in [1.165, 1.54) is 6.20 Å². The molecule has 0 radical (unpaired) electrons. The maximum Gasteiger partial charge on any atom is 0.271 e. The van der Waals surface area contributed by atoms with Crippen molar-refractivity contribution in [1.29, 1.82) is 0 Å². The molecular weight excluding hydrogens is 350 g/mol. The maximum atomic E-state index is 12.4. The summed E-state index contributed by atoms with van der Waals surface area (Å²) < 4.78 is 0. The molecular formula is C18H21N5O2S. The summed E-state index contributed by atoms with van der Waals surface area (Å²) in [5, 5.41) is 6.22. The zero-order valence-electron chi connectivity index (χ0n) is 14.4. The molecule has 2 saturated heterocycles. The summed E-state index contributed by atoms with van der Waals surface area (Å²) in [7, 11) is 0. The van der Waals surface area contributed by atoms with Gasteiger partial charge in [-0.1, -0.05) is 12.1 Å². The summed E-state index contributed by atoms with van der Waals surface area (Å²) in [6.07, 6.45) is 2.26. The van der Waals surface area contributed by atoms with Gasteiger partial charge in [-0.25, -0.2) is 4.98 Å². The number of rotatable bonds is 4. The number of hydrogen-bond acceptors (Lipinski definition) is 6. The SMILES string of the molecule is O=C(NC[C@@H]1CN[C@H](C(=O)N2CCSC2)C1)c1cnc2ccccc2n1. The van der Waals surface area contributed by atoms with Crippen molar-refractivity contribution >= 4 is 34.6 Å². The lowest BCUT2D eigenvalue weighted by atomic mass is 10.0. The predicted molar refractivity (Wildman–Crippen MR) is 101 cm³/mol. The molecule has 7 nitrogen and oxygen atoms in total. The zero-order valence-corrected chi connectivity index (χ0v) is 15.2. The van der Waals surface area contributed by atoms with E-state index in [4.69, 9.17) is 0 Å². The van der Waals surface area contributed by atoms with Crippen LogP contribution in [-0.2, 0) is 4.79 Å². The van der Waals surface area contributed by atoms with Gasteiger partial charge in [-0.2, -0.15) is 0 Å². The van der Waals surface area contributed by atoms with E-state index in [-0.39, 0.29) is 23.8 Å². The van der Waals surface area contributed by atoms with Crippen LogP contribution in [0, 0.1) is 5.92 Å². The highest BCUT2D eigenvalue weighted by atomic mass is 32.2. The van der Waals surface area contributed by atoms with E-state index in [0.717, 1.165) is 36.7 Å². The summed E-state index contributed by atoms with van der Waals surface area (Å²) >= 11 is 1.79. The number of amides is 2. The van der Waals surface area contributed by atoms with Crippen LogP contribution < -0.4 is 10.6 Å². The number of nitrogens with zero attached hydrogens (tertiary/aromatic N) is 3. The number of carbonyl (C=O) groups is 2. The molecule has 2 aromatic rings. The number of fused-ring (bicyclic) bond motifs is 1. The fraction of sp³-hybridized carbons (Fsp3) is 0.444. The Morgan fingerprint density at radius 1 is 1.31 bits per heavy atom. The third-order valence-electron chi connectivity index (χ3n) is 4.82. The van der Waals surface area contributed by atoms with Crippen molar-refractivity contribution in [2.75, 3.05) is 31.3 Å². The van der Waals surface area contributed by atoms with Crippen LogP contribution in [0.3, 0.4) is 0 Å². The average Bonchev–Trinajstić information content (AvgIpc) is 3.37. The quantitative estimate of drug-likeness (QED) is 0.829. The molecule has 8 heteroatoms. The molecule has 0 unspecified atom stereocenters. The van der Waals surface area contributed by atoms with Gasteiger partial charge >= 0.3 is 0 Å². The summed E-state index contributed by atoms with van der Waals surface area (Å²) in [4.78, 5) is 35.3. The van der Waals surface area contributed by atoms with Crippen LogP contribution in [0.2, 0.25) is 0 Å². The van der Waals surface area contributed by atoms with Crippen molar-refractivity contribution in [3.8, 4) is 0 Å². The second kappa shape index (κ2) is 7.59. The van der Waals surface area contributed by atoms with Gasteiger partial charge in [0.15, 0.2) is 0 Å². The minimum Gasteiger partial charge on any atom is -0.350 e. The summed E-state index contributed by atoms with van der Waals surface area (Å²) in [6.45, 7) is 2.10. The predicted octanol–water partition coefficient (Wildman–Crippen LogP) is 0.871. The molecule has 2 aliphatic rings. The number of aromatic nitrogens is 2. The third-order valence-corrected chi connectivity index (χ3v) is 5.78. The number of benzene rings is 1. The Kier molecular flexibility index (Phi) is 5.03. The van der Waals surface area contributed by atoms with E-state index in [1.807, 2.05) is 29.2 Å². The molecule has 2 fully saturated rings. The lowest BCUT2D eigenvalue weighted by Crippen LogP contribution is -2.42. The Morgan fingerprint density at radius 3 is 2.96 bits per heavy atom. The highest BCUT2D eigenvalue weighted by molar-refractivity contribution is 7.99. The topological polar surface area (TPSA) is 87.2 Å². The summed E-state index contributed by atoms with van der Waals surface area (Å²) in [5.74, 6) is 2.01. The van der Waals surface area contributed by atoms with E-state index >= 15 is 0 Å². The number of para-hydroxylation sites is 2. The van der Waals surface area contributed by atoms with Crippen LogP contribution in [0.1, 0.15) is 16.9 Å². The maximum absolute atomic E-state index is 12.4. The van der Waals surface area contributed by atoms with Gasteiger partial charge in [0, 0.05) is 25.4 Å². The smallest absolute Gasteiger partial charge is 0.271 e. The molecule has 1 aromatic heterocycles. The molecule has 1 aromatic carbocycles. The molecule has 136 valence electrons. The second-order valence-corrected chi connectivity index (χ2v) is 7.73. The molecule has 4 rings (SSSR count). The lowest BCUT2D eigenvalue weighted by Gasteiger charge is -2.19. The summed E-state index contributed by atoms with van der Waals surface area (Å²) in [6, 6.07) is 7.34. The largest absolute Gasteiger partial charge is 0.350 e. The molecule has 0 bridgehead atoms. The number of hydrogen-bond donors (Lipinski definition) is 2. The van der Waals surface area contributed by atoms with Gasteiger partial charge in [0.25, 0.3) is 5.91 Å². The van der Waals surface area contributed by atoms with Crippen LogP contribution in [0.25, 0.3) is 11.0 Å². The molecule has 2 amide bonds. The van der Waals surface area contributed by atoms with Crippen molar-refractivity contribution in [1.82, 2.24) is 25.5 Å². The van der Waals surface area contributed by atoms with Crippen LogP contribution in [0.5, 0.6) is 0 Å². The van der Waals surface area contributed by atoms with E-state index in [1.54, 1.807) is 11.8 Å².